The number of benzene rings is 1. The van der Waals surface area contributed by atoms with Crippen LogP contribution in [0.5, 0.6) is 0 Å². The quantitative estimate of drug-likeness (QED) is 0.798. The monoisotopic (exact) mass is 225 g/mol. The molecule has 1 N–H and O–H groups in total. The van der Waals surface area contributed by atoms with Crippen LogP contribution in [0, 0.1) is 11.3 Å². The van der Waals surface area contributed by atoms with Gasteiger partial charge in [0.2, 0.25) is 0 Å². The molecule has 82 valence electrons. The van der Waals surface area contributed by atoms with Crippen molar-refractivity contribution < 1.29 is 23.5 Å². The van der Waals surface area contributed by atoms with Crippen LogP contribution in [0.1, 0.15) is 38.3 Å². The lowest BCUT2D eigenvalue weighted by Gasteiger charge is -2.06. The molecule has 4 nitrogen and oxygen atoms in total. The van der Waals surface area contributed by atoms with Crippen LogP contribution in [0.25, 0.3) is 0 Å². The van der Waals surface area contributed by atoms with Crippen molar-refractivity contribution >= 4 is 12.3 Å². The summed E-state index contributed by atoms with van der Waals surface area (Å²) in [6.45, 7) is 0. The highest BCUT2D eigenvalue weighted by molar-refractivity contribution is 5.93. The first-order chi connectivity index (χ1) is 7.51. The highest BCUT2D eigenvalue weighted by Crippen LogP contribution is 2.26. The van der Waals surface area contributed by atoms with E-state index in [4.69, 9.17) is 10.4 Å². The molecule has 1 rings (SSSR count). The van der Waals surface area contributed by atoms with Crippen LogP contribution < -0.4 is 0 Å². The highest BCUT2D eigenvalue weighted by atomic mass is 19.3. The summed E-state index contributed by atoms with van der Waals surface area (Å²) in [6.07, 6.45) is -2.76. The van der Waals surface area contributed by atoms with Gasteiger partial charge in [-0.1, -0.05) is 0 Å². The third-order valence-corrected chi connectivity index (χ3v) is 1.90. The normalized spacial score (nSPS) is 9.88. The third kappa shape index (κ3) is 2.03. The summed E-state index contributed by atoms with van der Waals surface area (Å²) in [5.41, 5.74) is -2.16. The van der Waals surface area contributed by atoms with Crippen LogP contribution in [0.3, 0.4) is 0 Å². The van der Waals surface area contributed by atoms with Crippen molar-refractivity contribution in [2.75, 3.05) is 0 Å². The SMILES string of the molecule is N#Cc1c(C(=O)O)cc(C=O)cc1C(F)F. The summed E-state index contributed by atoms with van der Waals surface area (Å²) in [6, 6.07) is 3.10. The number of nitrogens with zero attached hydrogens (tertiary/aromatic N) is 1. The molecular weight excluding hydrogens is 220 g/mol. The van der Waals surface area contributed by atoms with Crippen molar-refractivity contribution in [3.05, 3.63) is 34.4 Å². The minimum atomic E-state index is -3.01. The lowest BCUT2D eigenvalue weighted by Crippen LogP contribution is -2.05. The summed E-state index contributed by atoms with van der Waals surface area (Å²) in [4.78, 5) is 21.1. The van der Waals surface area contributed by atoms with Crippen molar-refractivity contribution in [3.8, 4) is 6.07 Å². The topological polar surface area (TPSA) is 78.2 Å². The fourth-order valence-corrected chi connectivity index (χ4v) is 1.22. The Morgan fingerprint density at radius 1 is 1.50 bits per heavy atom. The fourth-order valence-electron chi connectivity index (χ4n) is 1.22. The van der Waals surface area contributed by atoms with Crippen LogP contribution in [-0.4, -0.2) is 17.4 Å². The van der Waals surface area contributed by atoms with Gasteiger partial charge in [0, 0.05) is 11.1 Å². The molecule has 0 aliphatic carbocycles. The fraction of sp³-hybridized carbons (Fsp3) is 0.100. The summed E-state index contributed by atoms with van der Waals surface area (Å²) in [7, 11) is 0. The predicted molar refractivity (Wildman–Crippen MR) is 48.5 cm³/mol. The second kappa shape index (κ2) is 4.49. The van der Waals surface area contributed by atoms with Gasteiger partial charge in [0.15, 0.2) is 0 Å². The van der Waals surface area contributed by atoms with E-state index in [-0.39, 0.29) is 11.8 Å². The first-order valence-electron chi connectivity index (χ1n) is 4.06. The van der Waals surface area contributed by atoms with E-state index in [0.29, 0.717) is 0 Å². The van der Waals surface area contributed by atoms with Crippen molar-refractivity contribution in [1.82, 2.24) is 0 Å². The number of carboxylic acids is 1. The Labute approximate surface area is 88.7 Å². The van der Waals surface area contributed by atoms with E-state index in [1.54, 1.807) is 0 Å². The third-order valence-electron chi connectivity index (χ3n) is 1.90. The van der Waals surface area contributed by atoms with Gasteiger partial charge in [-0.05, 0) is 12.1 Å². The first-order valence-corrected chi connectivity index (χ1v) is 4.06. The van der Waals surface area contributed by atoms with Crippen LogP contribution in [0.4, 0.5) is 8.78 Å². The maximum absolute atomic E-state index is 12.5. The molecule has 0 unspecified atom stereocenters. The van der Waals surface area contributed by atoms with Crippen molar-refractivity contribution in [3.63, 3.8) is 0 Å². The van der Waals surface area contributed by atoms with E-state index < -0.39 is 29.1 Å². The van der Waals surface area contributed by atoms with Gasteiger partial charge < -0.3 is 5.11 Å². The Morgan fingerprint density at radius 2 is 2.12 bits per heavy atom. The average Bonchev–Trinajstić information content (AvgIpc) is 2.26. The summed E-state index contributed by atoms with van der Waals surface area (Å²) in [5, 5.41) is 17.3. The molecule has 0 radical (unpaired) electrons. The molecule has 0 spiro atoms. The number of rotatable bonds is 3. The number of hydrogen-bond donors (Lipinski definition) is 1. The smallest absolute Gasteiger partial charge is 0.337 e. The Balaban J connectivity index is 3.60. The lowest BCUT2D eigenvalue weighted by atomic mass is 9.99. The van der Waals surface area contributed by atoms with Gasteiger partial charge in [0.05, 0.1) is 11.1 Å². The van der Waals surface area contributed by atoms with Crippen LogP contribution >= 0.6 is 0 Å². The van der Waals surface area contributed by atoms with Gasteiger partial charge >= 0.3 is 5.97 Å². The van der Waals surface area contributed by atoms with Gasteiger partial charge in [0.1, 0.15) is 12.4 Å². The van der Waals surface area contributed by atoms with Gasteiger partial charge in [-0.2, -0.15) is 5.26 Å². The summed E-state index contributed by atoms with van der Waals surface area (Å²) < 4.78 is 25.0. The zero-order valence-corrected chi connectivity index (χ0v) is 7.78. The second-order valence-electron chi connectivity index (χ2n) is 2.87. The van der Waals surface area contributed by atoms with Crippen LogP contribution in [0.2, 0.25) is 0 Å². The number of alkyl halides is 2. The maximum atomic E-state index is 12.5. The minimum Gasteiger partial charge on any atom is -0.478 e. The Morgan fingerprint density at radius 3 is 2.50 bits per heavy atom. The Bertz CT molecular complexity index is 492. The molecule has 0 amide bonds. The van der Waals surface area contributed by atoms with E-state index in [1.807, 2.05) is 0 Å². The van der Waals surface area contributed by atoms with Gasteiger partial charge in [-0.3, -0.25) is 4.79 Å². The molecule has 0 heterocycles. The van der Waals surface area contributed by atoms with E-state index in [2.05, 4.69) is 0 Å². The highest BCUT2D eigenvalue weighted by Gasteiger charge is 2.21. The van der Waals surface area contributed by atoms with Crippen molar-refractivity contribution in [1.29, 1.82) is 5.26 Å². The number of halogens is 2. The number of carboxylic acid groups (broad SMARTS) is 1. The molecular formula is C10H5F2NO3. The zero-order valence-electron chi connectivity index (χ0n) is 7.78. The molecule has 0 aromatic heterocycles. The Hall–Kier alpha value is -2.29. The molecule has 16 heavy (non-hydrogen) atoms. The van der Waals surface area contributed by atoms with Crippen LogP contribution in [0.15, 0.2) is 12.1 Å². The van der Waals surface area contributed by atoms with E-state index >= 15 is 0 Å². The number of aldehydes is 1. The maximum Gasteiger partial charge on any atom is 0.337 e. The Kier molecular flexibility index (Phi) is 3.30. The molecule has 0 aliphatic heterocycles. The molecule has 0 fully saturated rings. The average molecular weight is 225 g/mol. The van der Waals surface area contributed by atoms with Crippen molar-refractivity contribution in [2.24, 2.45) is 0 Å². The zero-order chi connectivity index (χ0) is 12.3. The predicted octanol–water partition coefficient (Wildman–Crippen LogP) is 2.01. The summed E-state index contributed by atoms with van der Waals surface area (Å²) in [5.74, 6) is -1.53. The molecule has 0 saturated heterocycles. The largest absolute Gasteiger partial charge is 0.478 e. The van der Waals surface area contributed by atoms with Gasteiger partial charge in [0.25, 0.3) is 6.43 Å². The molecule has 1 aromatic carbocycles. The molecule has 0 bridgehead atoms. The summed E-state index contributed by atoms with van der Waals surface area (Å²) >= 11 is 0. The van der Waals surface area contributed by atoms with Crippen molar-refractivity contribution in [2.45, 2.75) is 6.43 Å². The van der Waals surface area contributed by atoms with E-state index in [1.165, 1.54) is 6.07 Å². The molecule has 1 aromatic rings. The first kappa shape index (κ1) is 11.8. The number of aromatic carboxylic acids is 1. The molecule has 0 aliphatic rings. The van der Waals surface area contributed by atoms with Crippen LogP contribution in [-0.2, 0) is 0 Å². The lowest BCUT2D eigenvalue weighted by molar-refractivity contribution is 0.0696. The number of nitriles is 1. The number of carbonyl (C=O) groups excluding carboxylic acids is 1. The van der Waals surface area contributed by atoms with E-state index in [0.717, 1.165) is 12.1 Å². The second-order valence-corrected chi connectivity index (χ2v) is 2.87. The standard InChI is InChI=1S/C10H5F2NO3/c11-9(12)6-1-5(4-14)2-7(10(15)16)8(6)3-13/h1-2,4,9H,(H,15,16). The van der Waals surface area contributed by atoms with Gasteiger partial charge in [-0.25, -0.2) is 13.6 Å². The van der Waals surface area contributed by atoms with Gasteiger partial charge in [-0.15, -0.1) is 0 Å². The van der Waals surface area contributed by atoms with E-state index in [9.17, 15) is 18.4 Å². The molecule has 6 heteroatoms. The molecule has 0 atom stereocenters. The molecule has 0 saturated carbocycles. The minimum absolute atomic E-state index is 0.202. The number of carbonyl (C=O) groups is 2. The number of hydrogen-bond acceptors (Lipinski definition) is 3.